The molecule has 0 aliphatic carbocycles. The topological polar surface area (TPSA) is 114 Å². The molecule has 8 nitrogen and oxygen atoms in total. The fourth-order valence-electron chi connectivity index (χ4n) is 3.37. The minimum atomic E-state index is -0.734. The first-order valence-corrected chi connectivity index (χ1v) is 10.7. The van der Waals surface area contributed by atoms with Gasteiger partial charge in [-0.25, -0.2) is 4.39 Å². The van der Waals surface area contributed by atoms with Crippen molar-refractivity contribution >= 4 is 23.4 Å². The number of ether oxygens (including phenoxy) is 2. The van der Waals surface area contributed by atoms with Gasteiger partial charge >= 0.3 is 0 Å². The van der Waals surface area contributed by atoms with Crippen LogP contribution in [0.15, 0.2) is 78.9 Å². The highest BCUT2D eigenvalue weighted by Gasteiger charge is 2.16. The third-order valence-corrected chi connectivity index (χ3v) is 5.06. The smallest absolute Gasteiger partial charge is 0.271 e. The van der Waals surface area contributed by atoms with Gasteiger partial charge in [-0.15, -0.1) is 6.58 Å². The number of rotatable bonds is 10. The fourth-order valence-corrected chi connectivity index (χ4v) is 3.37. The van der Waals surface area contributed by atoms with Crippen LogP contribution in [0.5, 0.6) is 11.5 Å². The van der Waals surface area contributed by atoms with Gasteiger partial charge in [0, 0.05) is 28.9 Å². The zero-order valence-electron chi connectivity index (χ0n) is 19.4. The van der Waals surface area contributed by atoms with Crippen LogP contribution in [0.3, 0.4) is 0 Å². The molecule has 0 bridgehead atoms. The Morgan fingerprint density at radius 1 is 1.19 bits per heavy atom. The molecule has 0 radical (unpaired) electrons. The first-order valence-electron chi connectivity index (χ1n) is 10.7. The van der Waals surface area contributed by atoms with Gasteiger partial charge in [-0.3, -0.25) is 14.9 Å². The zero-order valence-corrected chi connectivity index (χ0v) is 19.4. The third kappa shape index (κ3) is 6.33. The van der Waals surface area contributed by atoms with Gasteiger partial charge in [0.1, 0.15) is 24.1 Å². The Kier molecular flexibility index (Phi) is 8.51. The number of benzene rings is 3. The Morgan fingerprint density at radius 3 is 2.64 bits per heavy atom. The van der Waals surface area contributed by atoms with E-state index in [2.05, 4.69) is 11.9 Å². The van der Waals surface area contributed by atoms with Crippen molar-refractivity contribution in [1.29, 1.82) is 5.26 Å². The largest absolute Gasteiger partial charge is 0.493 e. The molecule has 0 aliphatic rings. The normalized spacial score (nSPS) is 10.8. The minimum absolute atomic E-state index is 0.0303. The molecule has 0 saturated carbocycles. The maximum absolute atomic E-state index is 14.0. The van der Waals surface area contributed by atoms with Crippen LogP contribution < -0.4 is 14.8 Å². The number of nitriles is 1. The molecule has 36 heavy (non-hydrogen) atoms. The number of methoxy groups -OCH3 is 1. The van der Waals surface area contributed by atoms with Crippen molar-refractivity contribution in [2.45, 2.75) is 13.0 Å². The number of nitro groups is 1. The number of anilines is 1. The van der Waals surface area contributed by atoms with Crippen LogP contribution in [0.25, 0.3) is 6.08 Å². The van der Waals surface area contributed by atoms with Gasteiger partial charge in [-0.05, 0) is 42.3 Å². The van der Waals surface area contributed by atoms with Gasteiger partial charge in [0.25, 0.3) is 11.6 Å². The van der Waals surface area contributed by atoms with Crippen molar-refractivity contribution in [3.8, 4) is 17.6 Å². The number of carbonyl (C=O) groups is 1. The summed E-state index contributed by atoms with van der Waals surface area (Å²) in [5.74, 6) is -0.414. The Hall–Kier alpha value is -4.97. The summed E-state index contributed by atoms with van der Waals surface area (Å²) in [6.45, 7) is 3.72. The second kappa shape index (κ2) is 11.9. The number of nitro benzene ring substituents is 1. The van der Waals surface area contributed by atoms with Crippen LogP contribution in [0.4, 0.5) is 15.8 Å². The maximum atomic E-state index is 14.0. The van der Waals surface area contributed by atoms with Crippen LogP contribution in [0.2, 0.25) is 0 Å². The van der Waals surface area contributed by atoms with E-state index in [0.29, 0.717) is 34.6 Å². The average Bonchev–Trinajstić information content (AvgIpc) is 2.87. The van der Waals surface area contributed by atoms with E-state index in [0.717, 1.165) is 0 Å². The zero-order chi connectivity index (χ0) is 26.1. The lowest BCUT2D eigenvalue weighted by Gasteiger charge is -2.16. The Bertz CT molecular complexity index is 1380. The van der Waals surface area contributed by atoms with E-state index in [1.807, 2.05) is 6.07 Å². The number of non-ortho nitro benzene ring substituents is 1. The summed E-state index contributed by atoms with van der Waals surface area (Å²) in [7, 11) is 1.44. The Balaban J connectivity index is 1.90. The third-order valence-electron chi connectivity index (χ3n) is 5.06. The lowest BCUT2D eigenvalue weighted by atomic mass is 10.0. The number of hydrogen-bond acceptors (Lipinski definition) is 6. The summed E-state index contributed by atoms with van der Waals surface area (Å²) in [5.41, 5.74) is 1.26. The second-order valence-electron chi connectivity index (χ2n) is 7.52. The van der Waals surface area contributed by atoms with Gasteiger partial charge in [-0.1, -0.05) is 30.3 Å². The highest BCUT2D eigenvalue weighted by molar-refractivity contribution is 6.09. The minimum Gasteiger partial charge on any atom is -0.493 e. The van der Waals surface area contributed by atoms with Gasteiger partial charge in [-0.2, -0.15) is 5.26 Å². The molecule has 0 unspecified atom stereocenters. The summed E-state index contributed by atoms with van der Waals surface area (Å²) in [6.07, 6.45) is 3.40. The highest BCUT2D eigenvalue weighted by Crippen LogP contribution is 2.35. The number of amides is 1. The molecular weight excluding hydrogens is 465 g/mol. The van der Waals surface area contributed by atoms with Crippen molar-refractivity contribution in [1.82, 2.24) is 0 Å². The van der Waals surface area contributed by atoms with E-state index in [4.69, 9.17) is 9.47 Å². The number of nitrogens with zero attached hydrogens (tertiary/aromatic N) is 2. The second-order valence-corrected chi connectivity index (χ2v) is 7.52. The lowest BCUT2D eigenvalue weighted by molar-refractivity contribution is -0.384. The molecule has 0 atom stereocenters. The number of nitrogens with one attached hydrogen (secondary N) is 1. The molecule has 182 valence electrons. The molecule has 0 heterocycles. The first-order chi connectivity index (χ1) is 17.4. The van der Waals surface area contributed by atoms with Crippen LogP contribution in [-0.4, -0.2) is 17.9 Å². The monoisotopic (exact) mass is 487 g/mol. The molecule has 9 heteroatoms. The van der Waals surface area contributed by atoms with Gasteiger partial charge in [0.2, 0.25) is 0 Å². The van der Waals surface area contributed by atoms with Gasteiger partial charge in [0.15, 0.2) is 11.5 Å². The molecule has 3 rings (SSSR count). The van der Waals surface area contributed by atoms with Gasteiger partial charge in [0.05, 0.1) is 12.0 Å². The summed E-state index contributed by atoms with van der Waals surface area (Å²) in [6, 6.07) is 16.8. The molecular formula is C27H22FN3O5. The lowest BCUT2D eigenvalue weighted by Crippen LogP contribution is -2.13. The van der Waals surface area contributed by atoms with E-state index in [1.54, 1.807) is 36.4 Å². The molecule has 0 spiro atoms. The standard InChI is InChI=1S/C27H22FN3O5/c1-3-7-19-12-18(14-25(35-2)26(19)36-17-20-8-4-5-11-24(20)28)13-21(16-29)27(32)30-22-9-6-10-23(15-22)31(33)34/h3-6,8-15H,1,7,17H2,2H3,(H,30,32)/b21-13+. The average molecular weight is 487 g/mol. The number of allylic oxidation sites excluding steroid dienone is 1. The molecule has 0 aromatic heterocycles. The molecule has 0 saturated heterocycles. The van der Waals surface area contributed by atoms with Crippen LogP contribution in [-0.2, 0) is 17.8 Å². The van der Waals surface area contributed by atoms with Crippen LogP contribution in [0.1, 0.15) is 16.7 Å². The molecule has 1 amide bonds. The quantitative estimate of drug-likeness (QED) is 0.131. The fraction of sp³-hybridized carbons (Fsp3) is 0.111. The molecule has 3 aromatic carbocycles. The molecule has 0 aliphatic heterocycles. The van der Waals surface area contributed by atoms with Gasteiger partial charge < -0.3 is 14.8 Å². The Labute approximate surface area is 207 Å². The summed E-state index contributed by atoms with van der Waals surface area (Å²) < 4.78 is 25.4. The van der Waals surface area contributed by atoms with Crippen molar-refractivity contribution < 1.29 is 23.6 Å². The summed E-state index contributed by atoms with van der Waals surface area (Å²) in [4.78, 5) is 23.1. The predicted molar refractivity (Wildman–Crippen MR) is 133 cm³/mol. The van der Waals surface area contributed by atoms with Crippen LogP contribution in [0, 0.1) is 27.3 Å². The Morgan fingerprint density at radius 2 is 1.97 bits per heavy atom. The van der Waals surface area contributed by atoms with Crippen molar-refractivity contribution in [2.24, 2.45) is 0 Å². The SMILES string of the molecule is C=CCc1cc(/C=C(\C#N)C(=O)Nc2cccc([N+](=O)[O-])c2)cc(OC)c1OCc1ccccc1F. The van der Waals surface area contributed by atoms with Crippen molar-refractivity contribution in [3.63, 3.8) is 0 Å². The van der Waals surface area contributed by atoms with E-state index < -0.39 is 16.6 Å². The number of halogens is 1. The van der Waals surface area contributed by atoms with Crippen molar-refractivity contribution in [3.05, 3.63) is 112 Å². The van der Waals surface area contributed by atoms with E-state index in [-0.39, 0.29) is 23.6 Å². The molecule has 1 N–H and O–H groups in total. The summed E-state index contributed by atoms with van der Waals surface area (Å²) in [5, 5.41) is 23.0. The maximum Gasteiger partial charge on any atom is 0.271 e. The molecule has 0 fully saturated rings. The van der Waals surface area contributed by atoms with Crippen LogP contribution >= 0.6 is 0 Å². The number of hydrogen-bond donors (Lipinski definition) is 1. The molecule has 3 aromatic rings. The first kappa shape index (κ1) is 25.6. The van der Waals surface area contributed by atoms with E-state index >= 15 is 0 Å². The van der Waals surface area contributed by atoms with E-state index in [1.165, 1.54) is 43.5 Å². The van der Waals surface area contributed by atoms with E-state index in [9.17, 15) is 24.6 Å². The van der Waals surface area contributed by atoms with Crippen molar-refractivity contribution in [2.75, 3.05) is 12.4 Å². The number of carbonyl (C=O) groups excluding carboxylic acids is 1. The summed E-state index contributed by atoms with van der Waals surface area (Å²) >= 11 is 0. The predicted octanol–water partition coefficient (Wildman–Crippen LogP) is 5.60. The highest BCUT2D eigenvalue weighted by atomic mass is 19.1.